The second-order valence-corrected chi connectivity index (χ2v) is 3.76. The fourth-order valence-corrected chi connectivity index (χ4v) is 1.29. The van der Waals surface area contributed by atoms with Crippen LogP contribution in [0, 0.1) is 0 Å². The number of hydrogen-bond acceptors (Lipinski definition) is 6. The van der Waals surface area contributed by atoms with E-state index in [1.54, 1.807) is 30.3 Å². The molecule has 0 aromatic heterocycles. The van der Waals surface area contributed by atoms with Gasteiger partial charge in [-0.15, -0.1) is 0 Å². The normalized spacial score (nSPS) is 12.1. The highest BCUT2D eigenvalue weighted by atomic mass is 16.6. The number of aliphatic hydroxyl groups excluding tert-OH is 1. The zero-order valence-electron chi connectivity index (χ0n) is 11.0. The van der Waals surface area contributed by atoms with Crippen LogP contribution in [0.25, 0.3) is 0 Å². The van der Waals surface area contributed by atoms with E-state index in [0.717, 1.165) is 12.2 Å². The molecule has 1 unspecified atom stereocenters. The molecular weight excluding hydrogens is 264 g/mol. The second kappa shape index (κ2) is 8.84. The topological polar surface area (TPSA) is 82.1 Å². The van der Waals surface area contributed by atoms with Crippen molar-refractivity contribution in [2.24, 2.45) is 0 Å². The summed E-state index contributed by atoms with van der Waals surface area (Å²) in [4.78, 5) is 22.8. The summed E-state index contributed by atoms with van der Waals surface area (Å²) in [6.45, 7) is -0.285. The summed E-state index contributed by atoms with van der Waals surface area (Å²) >= 11 is 0. The minimum Gasteiger partial charge on any atom is -0.454 e. The zero-order valence-corrected chi connectivity index (χ0v) is 11.0. The van der Waals surface area contributed by atoms with Crippen LogP contribution in [0.5, 0.6) is 5.75 Å². The van der Waals surface area contributed by atoms with Gasteiger partial charge in [0.25, 0.3) is 0 Å². The second-order valence-electron chi connectivity index (χ2n) is 3.76. The first kappa shape index (κ1) is 15.9. The van der Waals surface area contributed by atoms with Gasteiger partial charge in [-0.05, 0) is 12.1 Å². The monoisotopic (exact) mass is 280 g/mol. The minimum atomic E-state index is -0.762. The van der Waals surface area contributed by atoms with Gasteiger partial charge in [-0.2, -0.15) is 0 Å². The van der Waals surface area contributed by atoms with Crippen LogP contribution >= 0.6 is 0 Å². The largest absolute Gasteiger partial charge is 0.454 e. The van der Waals surface area contributed by atoms with Crippen LogP contribution in [0.1, 0.15) is 0 Å². The molecule has 108 valence electrons. The molecule has 0 fully saturated rings. The molecule has 0 radical (unpaired) electrons. The molecule has 0 aliphatic rings. The molecular formula is C14H16O6. The molecule has 1 aromatic carbocycles. The number of carbonyl (C=O) groups excluding carboxylic acids is 2. The molecule has 6 nitrogen and oxygen atoms in total. The van der Waals surface area contributed by atoms with Crippen LogP contribution in [0.3, 0.4) is 0 Å². The first-order valence-electron chi connectivity index (χ1n) is 5.91. The van der Waals surface area contributed by atoms with Gasteiger partial charge in [-0.25, -0.2) is 9.59 Å². The summed E-state index contributed by atoms with van der Waals surface area (Å²) in [6, 6.07) is 8.46. The van der Waals surface area contributed by atoms with E-state index in [1.165, 1.54) is 7.11 Å². The number of ether oxygens (including phenoxy) is 3. The van der Waals surface area contributed by atoms with E-state index in [2.05, 4.69) is 0 Å². The standard InChI is InChI=1S/C14H16O6/c1-18-10-12(9-15)20-14(17)8-7-13(16)19-11-5-3-2-4-6-11/h2-8,12,15H,9-10H2,1H3/b8-7+. The van der Waals surface area contributed by atoms with Crippen molar-refractivity contribution in [2.45, 2.75) is 6.10 Å². The fraction of sp³-hybridized carbons (Fsp3) is 0.286. The smallest absolute Gasteiger partial charge is 0.336 e. The Hall–Kier alpha value is -2.18. The summed E-state index contributed by atoms with van der Waals surface area (Å²) < 4.78 is 14.5. The fourth-order valence-electron chi connectivity index (χ4n) is 1.29. The van der Waals surface area contributed by atoms with Crippen LogP contribution in [0.15, 0.2) is 42.5 Å². The Kier molecular flexibility index (Phi) is 7.02. The first-order chi connectivity index (χ1) is 9.65. The van der Waals surface area contributed by atoms with Crippen molar-refractivity contribution in [3.63, 3.8) is 0 Å². The minimum absolute atomic E-state index is 0.0740. The van der Waals surface area contributed by atoms with Crippen molar-refractivity contribution < 1.29 is 28.9 Å². The van der Waals surface area contributed by atoms with Crippen molar-refractivity contribution >= 4 is 11.9 Å². The molecule has 0 aliphatic carbocycles. The average molecular weight is 280 g/mol. The van der Waals surface area contributed by atoms with Crippen molar-refractivity contribution in [3.8, 4) is 5.75 Å². The van der Waals surface area contributed by atoms with Crippen molar-refractivity contribution in [1.82, 2.24) is 0 Å². The van der Waals surface area contributed by atoms with Gasteiger partial charge < -0.3 is 19.3 Å². The highest BCUT2D eigenvalue weighted by Gasteiger charge is 2.11. The van der Waals surface area contributed by atoms with Crippen LogP contribution in [0.2, 0.25) is 0 Å². The van der Waals surface area contributed by atoms with Crippen LogP contribution in [-0.4, -0.2) is 43.5 Å². The number of benzene rings is 1. The Balaban J connectivity index is 2.42. The maximum Gasteiger partial charge on any atom is 0.336 e. The maximum atomic E-state index is 11.4. The van der Waals surface area contributed by atoms with Gasteiger partial charge in [-0.1, -0.05) is 18.2 Å². The zero-order chi connectivity index (χ0) is 14.8. The highest BCUT2D eigenvalue weighted by Crippen LogP contribution is 2.08. The van der Waals surface area contributed by atoms with Gasteiger partial charge in [0.2, 0.25) is 0 Å². The number of para-hydroxylation sites is 1. The predicted octanol–water partition coefficient (Wildman–Crippen LogP) is 0.699. The lowest BCUT2D eigenvalue weighted by Gasteiger charge is -2.12. The Labute approximate surface area is 116 Å². The third-order valence-electron chi connectivity index (χ3n) is 2.16. The van der Waals surface area contributed by atoms with E-state index in [1.807, 2.05) is 0 Å². The molecule has 0 saturated carbocycles. The van der Waals surface area contributed by atoms with E-state index in [9.17, 15) is 9.59 Å². The molecule has 0 heterocycles. The van der Waals surface area contributed by atoms with Gasteiger partial charge in [0, 0.05) is 19.3 Å². The lowest BCUT2D eigenvalue weighted by atomic mass is 10.3. The van der Waals surface area contributed by atoms with Gasteiger partial charge in [0.05, 0.1) is 13.2 Å². The van der Waals surface area contributed by atoms with Gasteiger partial charge in [0.15, 0.2) is 0 Å². The number of methoxy groups -OCH3 is 1. The van der Waals surface area contributed by atoms with E-state index in [0.29, 0.717) is 5.75 Å². The van der Waals surface area contributed by atoms with Crippen molar-refractivity contribution in [2.75, 3.05) is 20.3 Å². The predicted molar refractivity (Wildman–Crippen MR) is 70.1 cm³/mol. The summed E-state index contributed by atoms with van der Waals surface area (Å²) in [7, 11) is 1.42. The molecule has 1 rings (SSSR count). The Morgan fingerprint density at radius 2 is 1.85 bits per heavy atom. The van der Waals surface area contributed by atoms with E-state index in [4.69, 9.17) is 19.3 Å². The summed E-state index contributed by atoms with van der Waals surface area (Å²) in [5, 5.41) is 8.91. The van der Waals surface area contributed by atoms with Crippen LogP contribution in [0.4, 0.5) is 0 Å². The van der Waals surface area contributed by atoms with E-state index < -0.39 is 18.0 Å². The molecule has 0 saturated heterocycles. The van der Waals surface area contributed by atoms with E-state index in [-0.39, 0.29) is 13.2 Å². The number of carbonyl (C=O) groups is 2. The lowest BCUT2D eigenvalue weighted by Crippen LogP contribution is -2.25. The first-order valence-corrected chi connectivity index (χ1v) is 5.91. The van der Waals surface area contributed by atoms with Crippen molar-refractivity contribution in [3.05, 3.63) is 42.5 Å². The lowest BCUT2D eigenvalue weighted by molar-refractivity contribution is -0.148. The molecule has 0 amide bonds. The molecule has 0 spiro atoms. The maximum absolute atomic E-state index is 11.4. The Morgan fingerprint density at radius 3 is 2.45 bits per heavy atom. The molecule has 0 aliphatic heterocycles. The number of hydrogen-bond donors (Lipinski definition) is 1. The number of aliphatic hydroxyl groups is 1. The third-order valence-corrected chi connectivity index (χ3v) is 2.16. The van der Waals surface area contributed by atoms with Crippen molar-refractivity contribution in [1.29, 1.82) is 0 Å². The summed E-state index contributed by atoms with van der Waals surface area (Å²) in [5.41, 5.74) is 0. The molecule has 1 N–H and O–H groups in total. The Morgan fingerprint density at radius 1 is 1.20 bits per heavy atom. The molecule has 6 heteroatoms. The van der Waals surface area contributed by atoms with Gasteiger partial charge in [0.1, 0.15) is 11.9 Å². The van der Waals surface area contributed by atoms with E-state index >= 15 is 0 Å². The quantitative estimate of drug-likeness (QED) is 0.450. The molecule has 20 heavy (non-hydrogen) atoms. The number of rotatable bonds is 7. The number of esters is 2. The third kappa shape index (κ3) is 6.12. The molecule has 1 aromatic rings. The van der Waals surface area contributed by atoms with Gasteiger partial charge in [-0.3, -0.25) is 0 Å². The molecule has 0 bridgehead atoms. The SMILES string of the molecule is COCC(CO)OC(=O)/C=C/C(=O)Oc1ccccc1. The highest BCUT2D eigenvalue weighted by molar-refractivity contribution is 5.92. The van der Waals surface area contributed by atoms with Crippen LogP contribution < -0.4 is 4.74 Å². The van der Waals surface area contributed by atoms with Crippen LogP contribution in [-0.2, 0) is 19.1 Å². The summed E-state index contributed by atoms with van der Waals surface area (Å²) in [6.07, 6.45) is 1.13. The van der Waals surface area contributed by atoms with Gasteiger partial charge >= 0.3 is 11.9 Å². The summed E-state index contributed by atoms with van der Waals surface area (Å²) in [5.74, 6) is -1.07. The molecule has 1 atom stereocenters. The average Bonchev–Trinajstić information content (AvgIpc) is 2.45. The Bertz CT molecular complexity index is 454.